The Morgan fingerprint density at radius 1 is 1.19 bits per heavy atom. The molecule has 0 unspecified atom stereocenters. The fourth-order valence-corrected chi connectivity index (χ4v) is 2.56. The molecule has 0 saturated heterocycles. The zero-order valence-electron chi connectivity index (χ0n) is 11.8. The third-order valence-corrected chi connectivity index (χ3v) is 3.59. The summed E-state index contributed by atoms with van der Waals surface area (Å²) in [6, 6.07) is 12.7. The number of Topliss-reactive ketones (excluding diaryl/α,β-unsaturated/α-hetero) is 1. The molecule has 0 amide bonds. The lowest BCUT2D eigenvalue weighted by Crippen LogP contribution is -1.95. The highest BCUT2D eigenvalue weighted by atomic mass is 16.5. The summed E-state index contributed by atoms with van der Waals surface area (Å²) in [6.07, 6.45) is 2.35. The van der Waals surface area contributed by atoms with Crippen molar-refractivity contribution in [2.75, 3.05) is 6.61 Å². The molecule has 3 rings (SSSR count). The number of phenolic OH excluding ortho intramolecular Hbond substituents is 1. The first-order valence-electron chi connectivity index (χ1n) is 6.98. The topological polar surface area (TPSA) is 46.5 Å². The lowest BCUT2D eigenvalue weighted by Gasteiger charge is -2.03. The second-order valence-electron chi connectivity index (χ2n) is 4.98. The summed E-state index contributed by atoms with van der Waals surface area (Å²) in [4.78, 5) is 12.3. The Labute approximate surface area is 123 Å². The number of hydrogen-bond acceptors (Lipinski definition) is 3. The van der Waals surface area contributed by atoms with Crippen molar-refractivity contribution in [1.82, 2.24) is 0 Å². The Bertz CT molecular complexity index is 712. The number of carbonyl (C=O) groups is 1. The van der Waals surface area contributed by atoms with Gasteiger partial charge in [-0.25, -0.2) is 0 Å². The van der Waals surface area contributed by atoms with E-state index in [1.807, 2.05) is 37.3 Å². The van der Waals surface area contributed by atoms with Crippen molar-refractivity contribution < 1.29 is 14.6 Å². The standard InChI is InChI=1S/C18H16O3/c1-2-21-14-8-6-12(7-9-14)10-13-11-16-15(18(13)20)4-3-5-17(16)19/h3-10,19H,2,11H2,1H3/b13-10-. The number of carbonyl (C=O) groups excluding carboxylic acids is 1. The number of phenols is 1. The average Bonchev–Trinajstić information content (AvgIpc) is 2.80. The molecule has 3 nitrogen and oxygen atoms in total. The summed E-state index contributed by atoms with van der Waals surface area (Å²) in [5, 5.41) is 9.83. The van der Waals surface area contributed by atoms with Crippen molar-refractivity contribution in [3.63, 3.8) is 0 Å². The number of fused-ring (bicyclic) bond motifs is 1. The Morgan fingerprint density at radius 3 is 2.62 bits per heavy atom. The van der Waals surface area contributed by atoms with Gasteiger partial charge in [0.15, 0.2) is 5.78 Å². The quantitative estimate of drug-likeness (QED) is 0.874. The SMILES string of the molecule is CCOc1ccc(/C=C2/Cc3c(O)cccc3C2=O)cc1. The van der Waals surface area contributed by atoms with Crippen molar-refractivity contribution in [1.29, 1.82) is 0 Å². The molecule has 1 N–H and O–H groups in total. The van der Waals surface area contributed by atoms with Gasteiger partial charge in [0.2, 0.25) is 0 Å². The summed E-state index contributed by atoms with van der Waals surface area (Å²) < 4.78 is 5.40. The lowest BCUT2D eigenvalue weighted by atomic mass is 10.1. The van der Waals surface area contributed by atoms with Gasteiger partial charge in [0.1, 0.15) is 11.5 Å². The molecule has 1 aliphatic rings. The van der Waals surface area contributed by atoms with Crippen LogP contribution in [0.15, 0.2) is 48.0 Å². The van der Waals surface area contributed by atoms with Gasteiger partial charge < -0.3 is 9.84 Å². The van der Waals surface area contributed by atoms with Crippen LogP contribution in [0, 0.1) is 0 Å². The van der Waals surface area contributed by atoms with Crippen LogP contribution in [0.4, 0.5) is 0 Å². The third kappa shape index (κ3) is 2.55. The minimum Gasteiger partial charge on any atom is -0.508 e. The van der Waals surface area contributed by atoms with E-state index in [4.69, 9.17) is 4.74 Å². The van der Waals surface area contributed by atoms with Gasteiger partial charge in [-0.3, -0.25) is 4.79 Å². The molecule has 0 atom stereocenters. The van der Waals surface area contributed by atoms with Gasteiger partial charge in [-0.15, -0.1) is 0 Å². The summed E-state index contributed by atoms with van der Waals surface area (Å²) >= 11 is 0. The van der Waals surface area contributed by atoms with Crippen molar-refractivity contribution in [2.24, 2.45) is 0 Å². The second kappa shape index (κ2) is 5.44. The Morgan fingerprint density at radius 2 is 1.95 bits per heavy atom. The van der Waals surface area contributed by atoms with Crippen LogP contribution >= 0.6 is 0 Å². The van der Waals surface area contributed by atoms with Crippen LogP contribution in [0.2, 0.25) is 0 Å². The molecule has 0 radical (unpaired) electrons. The smallest absolute Gasteiger partial charge is 0.189 e. The van der Waals surface area contributed by atoms with Crippen LogP contribution in [0.3, 0.4) is 0 Å². The van der Waals surface area contributed by atoms with Gasteiger partial charge in [0, 0.05) is 23.1 Å². The maximum atomic E-state index is 12.3. The molecule has 106 valence electrons. The maximum Gasteiger partial charge on any atom is 0.189 e. The van der Waals surface area contributed by atoms with Gasteiger partial charge in [0.25, 0.3) is 0 Å². The number of aromatic hydroxyl groups is 1. The summed E-state index contributed by atoms with van der Waals surface area (Å²) in [5.74, 6) is 1.00. The van der Waals surface area contributed by atoms with Gasteiger partial charge in [0.05, 0.1) is 6.61 Å². The van der Waals surface area contributed by atoms with Gasteiger partial charge in [-0.2, -0.15) is 0 Å². The molecule has 2 aromatic rings. The van der Waals surface area contributed by atoms with Gasteiger partial charge in [-0.1, -0.05) is 24.3 Å². The first-order valence-corrected chi connectivity index (χ1v) is 6.98. The largest absolute Gasteiger partial charge is 0.508 e. The molecule has 2 aromatic carbocycles. The normalized spacial score (nSPS) is 15.3. The molecule has 1 aliphatic carbocycles. The fraction of sp³-hybridized carbons (Fsp3) is 0.167. The van der Waals surface area contributed by atoms with Crippen LogP contribution in [-0.4, -0.2) is 17.5 Å². The summed E-state index contributed by atoms with van der Waals surface area (Å²) in [6.45, 7) is 2.57. The maximum absolute atomic E-state index is 12.3. The van der Waals surface area contributed by atoms with Crippen LogP contribution < -0.4 is 4.74 Å². The van der Waals surface area contributed by atoms with Crippen LogP contribution in [0.1, 0.15) is 28.4 Å². The van der Waals surface area contributed by atoms with E-state index in [-0.39, 0.29) is 11.5 Å². The number of ketones is 1. The van der Waals surface area contributed by atoms with Crippen LogP contribution in [0.25, 0.3) is 6.08 Å². The summed E-state index contributed by atoms with van der Waals surface area (Å²) in [7, 11) is 0. The van der Waals surface area contributed by atoms with E-state index in [0.29, 0.717) is 24.2 Å². The molecule has 0 saturated carbocycles. The molecule has 0 aromatic heterocycles. The van der Waals surface area contributed by atoms with Gasteiger partial charge >= 0.3 is 0 Å². The highest BCUT2D eigenvalue weighted by molar-refractivity contribution is 6.16. The van der Waals surface area contributed by atoms with Crippen molar-refractivity contribution >= 4 is 11.9 Å². The zero-order valence-corrected chi connectivity index (χ0v) is 11.8. The number of rotatable bonds is 3. The van der Waals surface area contributed by atoms with Crippen molar-refractivity contribution in [3.8, 4) is 11.5 Å². The van der Waals surface area contributed by atoms with Gasteiger partial charge in [-0.05, 0) is 36.8 Å². The molecule has 21 heavy (non-hydrogen) atoms. The van der Waals surface area contributed by atoms with E-state index in [1.54, 1.807) is 18.2 Å². The number of hydrogen-bond donors (Lipinski definition) is 1. The number of allylic oxidation sites excluding steroid dienone is 1. The molecular formula is C18H16O3. The predicted molar refractivity (Wildman–Crippen MR) is 81.7 cm³/mol. The van der Waals surface area contributed by atoms with E-state index in [0.717, 1.165) is 16.9 Å². The Balaban J connectivity index is 1.89. The molecule has 0 heterocycles. The third-order valence-electron chi connectivity index (χ3n) is 3.59. The highest BCUT2D eigenvalue weighted by Crippen LogP contribution is 2.33. The molecule has 3 heteroatoms. The summed E-state index contributed by atoms with van der Waals surface area (Å²) in [5.41, 5.74) is 2.98. The van der Waals surface area contributed by atoms with E-state index in [2.05, 4.69) is 0 Å². The second-order valence-corrected chi connectivity index (χ2v) is 4.98. The molecular weight excluding hydrogens is 264 g/mol. The predicted octanol–water partition coefficient (Wildman–Crippen LogP) is 3.61. The Hall–Kier alpha value is -2.55. The molecule has 0 fully saturated rings. The zero-order chi connectivity index (χ0) is 14.8. The fourth-order valence-electron chi connectivity index (χ4n) is 2.56. The highest BCUT2D eigenvalue weighted by Gasteiger charge is 2.26. The number of ether oxygens (including phenoxy) is 1. The molecule has 0 aliphatic heterocycles. The molecule has 0 bridgehead atoms. The van der Waals surface area contributed by atoms with Crippen molar-refractivity contribution in [3.05, 3.63) is 64.7 Å². The first kappa shape index (κ1) is 13.4. The average molecular weight is 280 g/mol. The number of benzene rings is 2. The minimum atomic E-state index is -0.00483. The lowest BCUT2D eigenvalue weighted by molar-refractivity contribution is 0.104. The monoisotopic (exact) mass is 280 g/mol. The minimum absolute atomic E-state index is 0.00483. The first-order chi connectivity index (χ1) is 10.2. The molecule has 0 spiro atoms. The van der Waals surface area contributed by atoms with E-state index in [1.165, 1.54) is 0 Å². The van der Waals surface area contributed by atoms with Crippen LogP contribution in [0.5, 0.6) is 11.5 Å². The van der Waals surface area contributed by atoms with E-state index >= 15 is 0 Å². The van der Waals surface area contributed by atoms with E-state index in [9.17, 15) is 9.90 Å². The van der Waals surface area contributed by atoms with E-state index < -0.39 is 0 Å². The Kier molecular flexibility index (Phi) is 3.48. The van der Waals surface area contributed by atoms with Crippen LogP contribution in [-0.2, 0) is 6.42 Å². The van der Waals surface area contributed by atoms with Crippen molar-refractivity contribution in [2.45, 2.75) is 13.3 Å².